The molecular formula is C14H19FN2O3. The third-order valence-corrected chi connectivity index (χ3v) is 3.36. The van der Waals surface area contributed by atoms with E-state index in [0.717, 1.165) is 0 Å². The van der Waals surface area contributed by atoms with Gasteiger partial charge in [0.05, 0.1) is 6.61 Å². The third-order valence-electron chi connectivity index (χ3n) is 3.36. The number of carbonyl (C=O) groups is 1. The molecule has 0 spiro atoms. The molecule has 1 aliphatic heterocycles. The van der Waals surface area contributed by atoms with Crippen LogP contribution >= 0.6 is 0 Å². The molecule has 2 rings (SSSR count). The van der Waals surface area contributed by atoms with Gasteiger partial charge < -0.3 is 14.7 Å². The molecule has 1 aromatic carbocycles. The first-order valence-corrected chi connectivity index (χ1v) is 6.72. The maximum Gasteiger partial charge on any atom is 0.409 e. The van der Waals surface area contributed by atoms with Crippen LogP contribution < -0.4 is 0 Å². The van der Waals surface area contributed by atoms with E-state index in [9.17, 15) is 14.3 Å². The molecule has 6 heteroatoms. The first kappa shape index (κ1) is 14.6. The Balaban J connectivity index is 1.88. The Labute approximate surface area is 117 Å². The van der Waals surface area contributed by atoms with Crippen LogP contribution in [0, 0.1) is 5.82 Å². The third kappa shape index (κ3) is 3.39. The summed E-state index contributed by atoms with van der Waals surface area (Å²) in [6.07, 6.45) is -0.291. The molecule has 1 saturated heterocycles. The highest BCUT2D eigenvalue weighted by Gasteiger charge is 2.22. The number of phenols is 1. The first-order valence-electron chi connectivity index (χ1n) is 6.72. The number of amides is 1. The van der Waals surface area contributed by atoms with Crippen molar-refractivity contribution in [2.24, 2.45) is 0 Å². The lowest BCUT2D eigenvalue weighted by Crippen LogP contribution is -2.48. The molecule has 0 unspecified atom stereocenters. The van der Waals surface area contributed by atoms with E-state index in [2.05, 4.69) is 4.90 Å². The number of carbonyl (C=O) groups excluding carboxylic acids is 1. The number of ether oxygens (including phenoxy) is 1. The fourth-order valence-electron chi connectivity index (χ4n) is 2.23. The Morgan fingerprint density at radius 1 is 1.35 bits per heavy atom. The molecule has 1 amide bonds. The molecule has 1 aliphatic rings. The van der Waals surface area contributed by atoms with E-state index in [0.29, 0.717) is 44.9 Å². The van der Waals surface area contributed by atoms with Gasteiger partial charge in [0.1, 0.15) is 0 Å². The fraction of sp³-hybridized carbons (Fsp3) is 0.500. The van der Waals surface area contributed by atoms with Gasteiger partial charge in [0.2, 0.25) is 0 Å². The molecule has 110 valence electrons. The van der Waals surface area contributed by atoms with Crippen LogP contribution in [0.1, 0.15) is 12.5 Å². The fourth-order valence-corrected chi connectivity index (χ4v) is 2.23. The summed E-state index contributed by atoms with van der Waals surface area (Å²) in [4.78, 5) is 15.3. The van der Waals surface area contributed by atoms with Crippen molar-refractivity contribution >= 4 is 6.09 Å². The SMILES string of the molecule is CCOC(=O)N1CCN(Cc2cccc(F)c2O)CC1. The van der Waals surface area contributed by atoms with Crippen LogP contribution in [0.4, 0.5) is 9.18 Å². The highest BCUT2D eigenvalue weighted by atomic mass is 19.1. The molecule has 5 nitrogen and oxygen atoms in total. The second-order valence-electron chi connectivity index (χ2n) is 4.71. The van der Waals surface area contributed by atoms with Crippen molar-refractivity contribution in [2.75, 3.05) is 32.8 Å². The maximum absolute atomic E-state index is 13.2. The molecule has 1 fully saturated rings. The van der Waals surface area contributed by atoms with Crippen LogP contribution in [0.5, 0.6) is 5.75 Å². The van der Waals surface area contributed by atoms with Gasteiger partial charge >= 0.3 is 6.09 Å². The highest BCUT2D eigenvalue weighted by Crippen LogP contribution is 2.22. The molecule has 0 aromatic heterocycles. The zero-order valence-electron chi connectivity index (χ0n) is 11.5. The minimum atomic E-state index is -0.604. The topological polar surface area (TPSA) is 53.0 Å². The van der Waals surface area contributed by atoms with Crippen molar-refractivity contribution in [1.82, 2.24) is 9.80 Å². The molecule has 0 atom stereocenters. The summed E-state index contributed by atoms with van der Waals surface area (Å²) in [7, 11) is 0. The Hall–Kier alpha value is -1.82. The number of aromatic hydroxyl groups is 1. The smallest absolute Gasteiger partial charge is 0.409 e. The minimum absolute atomic E-state index is 0.291. The number of halogens is 1. The van der Waals surface area contributed by atoms with E-state index in [-0.39, 0.29) is 11.8 Å². The molecule has 0 aliphatic carbocycles. The molecule has 1 aromatic rings. The van der Waals surface area contributed by atoms with Gasteiger partial charge in [-0.25, -0.2) is 9.18 Å². The second-order valence-corrected chi connectivity index (χ2v) is 4.71. The van der Waals surface area contributed by atoms with Crippen molar-refractivity contribution < 1.29 is 19.0 Å². The maximum atomic E-state index is 13.2. The number of nitrogens with zero attached hydrogens (tertiary/aromatic N) is 2. The van der Waals surface area contributed by atoms with Crippen LogP contribution in [-0.2, 0) is 11.3 Å². The van der Waals surface area contributed by atoms with Crippen molar-refractivity contribution in [1.29, 1.82) is 0 Å². The lowest BCUT2D eigenvalue weighted by molar-refractivity contribution is 0.0776. The molecule has 0 bridgehead atoms. The molecular weight excluding hydrogens is 263 g/mol. The molecule has 1 N–H and O–H groups in total. The van der Waals surface area contributed by atoms with Crippen molar-refractivity contribution in [2.45, 2.75) is 13.5 Å². The van der Waals surface area contributed by atoms with Crippen molar-refractivity contribution in [3.05, 3.63) is 29.6 Å². The number of phenolic OH excluding ortho intramolecular Hbond substituents is 1. The normalized spacial score (nSPS) is 16.2. The van der Waals surface area contributed by atoms with Gasteiger partial charge in [-0.05, 0) is 13.0 Å². The van der Waals surface area contributed by atoms with Crippen LogP contribution in [0.25, 0.3) is 0 Å². The predicted octanol–water partition coefficient (Wildman–Crippen LogP) is 1.81. The quantitative estimate of drug-likeness (QED) is 0.918. The van der Waals surface area contributed by atoms with Crippen LogP contribution in [-0.4, -0.2) is 53.8 Å². The summed E-state index contributed by atoms with van der Waals surface area (Å²) in [5, 5.41) is 9.65. The van der Waals surface area contributed by atoms with Gasteiger partial charge in [-0.1, -0.05) is 12.1 Å². The van der Waals surface area contributed by atoms with E-state index in [1.807, 2.05) is 0 Å². The van der Waals surface area contributed by atoms with E-state index in [4.69, 9.17) is 4.74 Å². The Kier molecular flexibility index (Phi) is 4.79. The number of piperazine rings is 1. The lowest BCUT2D eigenvalue weighted by Gasteiger charge is -2.34. The zero-order chi connectivity index (χ0) is 14.5. The number of rotatable bonds is 3. The molecule has 0 saturated carbocycles. The van der Waals surface area contributed by atoms with Gasteiger partial charge in [-0.15, -0.1) is 0 Å². The number of hydrogen-bond donors (Lipinski definition) is 1. The minimum Gasteiger partial charge on any atom is -0.505 e. The van der Waals surface area contributed by atoms with Gasteiger partial charge in [0.25, 0.3) is 0 Å². The van der Waals surface area contributed by atoms with Gasteiger partial charge in [0, 0.05) is 38.3 Å². The van der Waals surface area contributed by atoms with Gasteiger partial charge in [-0.2, -0.15) is 0 Å². The van der Waals surface area contributed by atoms with Crippen molar-refractivity contribution in [3.63, 3.8) is 0 Å². The van der Waals surface area contributed by atoms with Gasteiger partial charge in [-0.3, -0.25) is 4.90 Å². The summed E-state index contributed by atoms with van der Waals surface area (Å²) in [5.74, 6) is -0.895. The summed E-state index contributed by atoms with van der Waals surface area (Å²) in [5.41, 5.74) is 0.564. The summed E-state index contributed by atoms with van der Waals surface area (Å²) < 4.78 is 18.2. The summed E-state index contributed by atoms with van der Waals surface area (Å²) in [6.45, 7) is 5.13. The highest BCUT2D eigenvalue weighted by molar-refractivity contribution is 5.67. The van der Waals surface area contributed by atoms with Crippen LogP contribution in [0.2, 0.25) is 0 Å². The van der Waals surface area contributed by atoms with E-state index in [1.165, 1.54) is 6.07 Å². The Morgan fingerprint density at radius 2 is 2.05 bits per heavy atom. The number of benzene rings is 1. The average molecular weight is 282 g/mol. The van der Waals surface area contributed by atoms with E-state index >= 15 is 0 Å². The lowest BCUT2D eigenvalue weighted by atomic mass is 10.1. The second kappa shape index (κ2) is 6.56. The van der Waals surface area contributed by atoms with Gasteiger partial charge in [0.15, 0.2) is 11.6 Å². The Morgan fingerprint density at radius 3 is 2.70 bits per heavy atom. The van der Waals surface area contributed by atoms with E-state index in [1.54, 1.807) is 24.0 Å². The molecule has 1 heterocycles. The van der Waals surface area contributed by atoms with Crippen LogP contribution in [0.15, 0.2) is 18.2 Å². The standard InChI is InChI=1S/C14H19FN2O3/c1-2-20-14(19)17-8-6-16(7-9-17)10-11-4-3-5-12(15)13(11)18/h3-5,18H,2,6-10H2,1H3. The summed E-state index contributed by atoms with van der Waals surface area (Å²) in [6, 6.07) is 4.52. The first-order chi connectivity index (χ1) is 9.61. The van der Waals surface area contributed by atoms with E-state index < -0.39 is 5.82 Å². The largest absolute Gasteiger partial charge is 0.505 e. The number of para-hydroxylation sites is 1. The van der Waals surface area contributed by atoms with Crippen LogP contribution in [0.3, 0.4) is 0 Å². The summed E-state index contributed by atoms with van der Waals surface area (Å²) >= 11 is 0. The van der Waals surface area contributed by atoms with Crippen molar-refractivity contribution in [3.8, 4) is 5.75 Å². The number of hydrogen-bond acceptors (Lipinski definition) is 4. The monoisotopic (exact) mass is 282 g/mol. The average Bonchev–Trinajstić information content (AvgIpc) is 2.45. The Bertz CT molecular complexity index is 473. The predicted molar refractivity (Wildman–Crippen MR) is 71.9 cm³/mol. The molecule has 20 heavy (non-hydrogen) atoms. The zero-order valence-corrected chi connectivity index (χ0v) is 11.5. The molecule has 0 radical (unpaired) electrons.